The molecule has 0 bridgehead atoms. The van der Waals surface area contributed by atoms with E-state index in [1.165, 1.54) is 6.08 Å². The number of imidazole rings is 1. The Kier molecular flexibility index (Phi) is 6.39. The molecule has 0 unspecified atom stereocenters. The number of carbonyl (C=O) groups is 1. The van der Waals surface area contributed by atoms with Crippen LogP contribution in [0.2, 0.25) is 0 Å². The molecule has 0 saturated heterocycles. The molecule has 0 fully saturated rings. The lowest BCUT2D eigenvalue weighted by molar-refractivity contribution is -0.111. The van der Waals surface area contributed by atoms with Crippen molar-refractivity contribution in [2.24, 2.45) is 0 Å². The first-order valence-corrected chi connectivity index (χ1v) is 7.58. The third-order valence-corrected chi connectivity index (χ3v) is 3.21. The SMILES string of the molecule is CCn1cnc(NC(=O)/C=C/c2ccc(OC)c(OCCO)c2)c1. The molecule has 2 N–H and O–H groups in total. The molecule has 0 aliphatic heterocycles. The lowest BCUT2D eigenvalue weighted by atomic mass is 10.2. The number of nitrogens with zero attached hydrogens (tertiary/aromatic N) is 2. The summed E-state index contributed by atoms with van der Waals surface area (Å²) < 4.78 is 12.5. The van der Waals surface area contributed by atoms with Gasteiger partial charge in [0.25, 0.3) is 0 Å². The summed E-state index contributed by atoms with van der Waals surface area (Å²) in [6.07, 6.45) is 6.51. The van der Waals surface area contributed by atoms with E-state index in [1.54, 1.807) is 43.9 Å². The molecule has 1 heterocycles. The van der Waals surface area contributed by atoms with Gasteiger partial charge < -0.3 is 24.5 Å². The van der Waals surface area contributed by atoms with Crippen molar-refractivity contribution in [2.75, 3.05) is 25.6 Å². The number of methoxy groups -OCH3 is 1. The van der Waals surface area contributed by atoms with Gasteiger partial charge in [0.05, 0.1) is 20.0 Å². The van der Waals surface area contributed by atoms with Crippen LogP contribution in [0.15, 0.2) is 36.8 Å². The molecule has 7 heteroatoms. The van der Waals surface area contributed by atoms with Gasteiger partial charge in [0.2, 0.25) is 5.91 Å². The molecule has 2 rings (SSSR count). The highest BCUT2D eigenvalue weighted by Crippen LogP contribution is 2.28. The molecule has 1 amide bonds. The average Bonchev–Trinajstić information content (AvgIpc) is 3.05. The number of anilines is 1. The van der Waals surface area contributed by atoms with Crippen molar-refractivity contribution in [3.8, 4) is 11.5 Å². The van der Waals surface area contributed by atoms with Crippen LogP contribution in [-0.4, -0.2) is 40.9 Å². The van der Waals surface area contributed by atoms with Crippen molar-refractivity contribution in [3.63, 3.8) is 0 Å². The molecule has 0 spiro atoms. The number of aliphatic hydroxyl groups excluding tert-OH is 1. The Bertz CT molecular complexity index is 710. The van der Waals surface area contributed by atoms with E-state index in [0.29, 0.717) is 17.3 Å². The third kappa shape index (κ3) is 4.85. The summed E-state index contributed by atoms with van der Waals surface area (Å²) in [4.78, 5) is 16.0. The smallest absolute Gasteiger partial charge is 0.249 e. The van der Waals surface area contributed by atoms with Crippen LogP contribution in [0.5, 0.6) is 11.5 Å². The summed E-state index contributed by atoms with van der Waals surface area (Å²) in [6, 6.07) is 5.29. The molecule has 7 nitrogen and oxygen atoms in total. The first-order chi connectivity index (χ1) is 11.7. The van der Waals surface area contributed by atoms with Gasteiger partial charge in [-0.05, 0) is 30.7 Å². The zero-order valence-corrected chi connectivity index (χ0v) is 13.7. The molecule has 24 heavy (non-hydrogen) atoms. The van der Waals surface area contributed by atoms with E-state index in [2.05, 4.69) is 10.3 Å². The number of ether oxygens (including phenoxy) is 2. The maximum Gasteiger partial charge on any atom is 0.249 e. The maximum atomic E-state index is 11.9. The van der Waals surface area contributed by atoms with Gasteiger partial charge >= 0.3 is 0 Å². The predicted octanol–water partition coefficient (Wildman–Crippen LogP) is 1.93. The van der Waals surface area contributed by atoms with Gasteiger partial charge in [0.1, 0.15) is 6.61 Å². The Morgan fingerprint density at radius 3 is 2.92 bits per heavy atom. The van der Waals surface area contributed by atoms with Gasteiger partial charge in [-0.15, -0.1) is 0 Å². The number of carbonyl (C=O) groups excluding carboxylic acids is 1. The van der Waals surface area contributed by atoms with Gasteiger partial charge in [-0.2, -0.15) is 0 Å². The predicted molar refractivity (Wildman–Crippen MR) is 91.1 cm³/mol. The first kappa shape index (κ1) is 17.6. The van der Waals surface area contributed by atoms with E-state index in [-0.39, 0.29) is 19.1 Å². The van der Waals surface area contributed by atoms with E-state index in [9.17, 15) is 4.79 Å². The third-order valence-electron chi connectivity index (χ3n) is 3.21. The highest BCUT2D eigenvalue weighted by Gasteiger charge is 2.05. The molecular formula is C17H21N3O4. The number of aromatic nitrogens is 2. The number of aryl methyl sites for hydroxylation is 1. The fourth-order valence-electron chi connectivity index (χ4n) is 2.00. The zero-order chi connectivity index (χ0) is 17.4. The lowest BCUT2D eigenvalue weighted by Gasteiger charge is -2.10. The minimum absolute atomic E-state index is 0.0873. The number of rotatable bonds is 8. The summed E-state index contributed by atoms with van der Waals surface area (Å²) >= 11 is 0. The normalized spacial score (nSPS) is 10.8. The number of hydrogen-bond donors (Lipinski definition) is 2. The Morgan fingerprint density at radius 2 is 2.25 bits per heavy atom. The summed E-state index contributed by atoms with van der Waals surface area (Å²) in [7, 11) is 1.54. The highest BCUT2D eigenvalue weighted by molar-refractivity contribution is 6.01. The second-order valence-corrected chi connectivity index (χ2v) is 4.89. The van der Waals surface area contributed by atoms with E-state index in [0.717, 1.165) is 12.1 Å². The zero-order valence-electron chi connectivity index (χ0n) is 13.7. The molecule has 1 aromatic heterocycles. The fourth-order valence-corrected chi connectivity index (χ4v) is 2.00. The average molecular weight is 331 g/mol. The van der Waals surface area contributed by atoms with Gasteiger partial charge in [0.15, 0.2) is 17.3 Å². The van der Waals surface area contributed by atoms with Crippen LogP contribution in [0.1, 0.15) is 12.5 Å². The number of amides is 1. The molecule has 0 aliphatic rings. The van der Waals surface area contributed by atoms with Crippen LogP contribution in [0.4, 0.5) is 5.82 Å². The molecule has 0 radical (unpaired) electrons. The quantitative estimate of drug-likeness (QED) is 0.722. The standard InChI is InChI=1S/C17H21N3O4/c1-3-20-11-16(18-12-20)19-17(22)7-5-13-4-6-14(23-2)15(10-13)24-9-8-21/h4-7,10-12,21H,3,8-9H2,1-2H3,(H,19,22)/b7-5+. The van der Waals surface area contributed by atoms with E-state index < -0.39 is 0 Å². The maximum absolute atomic E-state index is 11.9. The molecule has 2 aromatic rings. The fraction of sp³-hybridized carbons (Fsp3) is 0.294. The monoisotopic (exact) mass is 331 g/mol. The van der Waals surface area contributed by atoms with Crippen molar-refractivity contribution < 1.29 is 19.4 Å². The van der Waals surface area contributed by atoms with Crippen LogP contribution in [0, 0.1) is 0 Å². The molecule has 0 saturated carbocycles. The Morgan fingerprint density at radius 1 is 1.42 bits per heavy atom. The van der Waals surface area contributed by atoms with E-state index in [1.807, 2.05) is 11.5 Å². The summed E-state index contributed by atoms with van der Waals surface area (Å²) in [6.45, 7) is 2.87. The minimum atomic E-state index is -0.273. The van der Waals surface area contributed by atoms with Crippen LogP contribution in [0.3, 0.4) is 0 Å². The number of nitrogens with one attached hydrogen (secondary N) is 1. The van der Waals surface area contributed by atoms with E-state index >= 15 is 0 Å². The first-order valence-electron chi connectivity index (χ1n) is 7.58. The van der Waals surface area contributed by atoms with Crippen molar-refractivity contribution >= 4 is 17.8 Å². The highest BCUT2D eigenvalue weighted by atomic mass is 16.5. The second-order valence-electron chi connectivity index (χ2n) is 4.89. The van der Waals surface area contributed by atoms with Crippen LogP contribution < -0.4 is 14.8 Å². The van der Waals surface area contributed by atoms with Crippen molar-refractivity contribution in [2.45, 2.75) is 13.5 Å². The van der Waals surface area contributed by atoms with Crippen molar-refractivity contribution in [3.05, 3.63) is 42.4 Å². The molecule has 0 aliphatic carbocycles. The van der Waals surface area contributed by atoms with Crippen molar-refractivity contribution in [1.29, 1.82) is 0 Å². The van der Waals surface area contributed by atoms with Gasteiger partial charge in [-0.3, -0.25) is 4.79 Å². The Labute approximate surface area is 140 Å². The summed E-state index contributed by atoms with van der Waals surface area (Å²) in [5.41, 5.74) is 0.776. The Hall–Kier alpha value is -2.80. The number of benzene rings is 1. The summed E-state index contributed by atoms with van der Waals surface area (Å²) in [5, 5.41) is 11.5. The topological polar surface area (TPSA) is 85.6 Å². The van der Waals surface area contributed by atoms with E-state index in [4.69, 9.17) is 14.6 Å². The minimum Gasteiger partial charge on any atom is -0.493 e. The van der Waals surface area contributed by atoms with Crippen molar-refractivity contribution in [1.82, 2.24) is 9.55 Å². The Balaban J connectivity index is 2.03. The lowest BCUT2D eigenvalue weighted by Crippen LogP contribution is -2.08. The second kappa shape index (κ2) is 8.73. The summed E-state index contributed by atoms with van der Waals surface area (Å²) in [5.74, 6) is 1.31. The molecule has 128 valence electrons. The van der Waals surface area contributed by atoms with Gasteiger partial charge in [0, 0.05) is 18.8 Å². The number of aliphatic hydroxyl groups is 1. The molecule has 0 atom stereocenters. The van der Waals surface area contributed by atoms with Gasteiger partial charge in [-0.1, -0.05) is 6.07 Å². The van der Waals surface area contributed by atoms with Crippen LogP contribution in [0.25, 0.3) is 6.08 Å². The van der Waals surface area contributed by atoms with Crippen LogP contribution in [-0.2, 0) is 11.3 Å². The van der Waals surface area contributed by atoms with Gasteiger partial charge in [-0.25, -0.2) is 4.98 Å². The number of hydrogen-bond acceptors (Lipinski definition) is 5. The largest absolute Gasteiger partial charge is 0.493 e. The molecular weight excluding hydrogens is 310 g/mol. The van der Waals surface area contributed by atoms with Crippen LogP contribution >= 0.6 is 0 Å². The molecule has 1 aromatic carbocycles.